The van der Waals surface area contributed by atoms with E-state index >= 15 is 0 Å². The first-order valence-corrected chi connectivity index (χ1v) is 10.4. The van der Waals surface area contributed by atoms with Crippen LogP contribution in [0.25, 0.3) is 11.5 Å². The van der Waals surface area contributed by atoms with Gasteiger partial charge in [0.05, 0.1) is 0 Å². The van der Waals surface area contributed by atoms with Crippen molar-refractivity contribution >= 4 is 27.9 Å². The quantitative estimate of drug-likeness (QED) is 0.444. The lowest BCUT2D eigenvalue weighted by Gasteiger charge is -2.21. The molecule has 1 N–H and O–H groups in total. The second-order valence-electron chi connectivity index (χ2n) is 7.33. The minimum atomic E-state index is -0.863. The lowest BCUT2D eigenvalue weighted by molar-refractivity contribution is -0.131. The zero-order chi connectivity index (χ0) is 20.1. The Balaban J connectivity index is 1.62. The highest BCUT2D eigenvalue weighted by Gasteiger charge is 2.47. The highest BCUT2D eigenvalue weighted by Crippen LogP contribution is 2.26. The van der Waals surface area contributed by atoms with E-state index in [1.165, 1.54) is 12.8 Å². The van der Waals surface area contributed by atoms with Crippen molar-refractivity contribution in [2.24, 2.45) is 0 Å². The summed E-state index contributed by atoms with van der Waals surface area (Å²) in [5, 5.41) is 10.8. The molecule has 7 nitrogen and oxygen atoms in total. The second-order valence-corrected chi connectivity index (χ2v) is 8.24. The maximum absolute atomic E-state index is 12.8. The van der Waals surface area contributed by atoms with E-state index in [9.17, 15) is 9.59 Å². The van der Waals surface area contributed by atoms with E-state index < -0.39 is 11.6 Å². The number of aromatic nitrogens is 2. The average molecular weight is 449 g/mol. The van der Waals surface area contributed by atoms with Gasteiger partial charge in [-0.3, -0.25) is 9.69 Å². The lowest BCUT2D eigenvalue weighted by Crippen LogP contribution is -2.43. The van der Waals surface area contributed by atoms with E-state index in [1.54, 1.807) is 6.92 Å². The van der Waals surface area contributed by atoms with Gasteiger partial charge in [0.15, 0.2) is 0 Å². The minimum absolute atomic E-state index is 0.0282. The molecule has 0 aliphatic carbocycles. The summed E-state index contributed by atoms with van der Waals surface area (Å²) in [4.78, 5) is 26.3. The van der Waals surface area contributed by atoms with Gasteiger partial charge < -0.3 is 9.73 Å². The predicted octanol–water partition coefficient (Wildman–Crippen LogP) is 4.67. The molecule has 3 amide bonds. The molecule has 1 fully saturated rings. The molecule has 0 bridgehead atoms. The molecule has 0 saturated carbocycles. The summed E-state index contributed by atoms with van der Waals surface area (Å²) in [7, 11) is 0. The van der Waals surface area contributed by atoms with Gasteiger partial charge in [-0.05, 0) is 37.6 Å². The minimum Gasteiger partial charge on any atom is -0.419 e. The normalized spacial score (nSPS) is 19.3. The maximum Gasteiger partial charge on any atom is 0.325 e. The van der Waals surface area contributed by atoms with Crippen LogP contribution in [0.1, 0.15) is 58.3 Å². The monoisotopic (exact) mass is 448 g/mol. The average Bonchev–Trinajstić information content (AvgIpc) is 3.21. The van der Waals surface area contributed by atoms with Gasteiger partial charge in [0.1, 0.15) is 12.1 Å². The topological polar surface area (TPSA) is 88.3 Å². The molecular weight excluding hydrogens is 424 g/mol. The number of carbonyl (C=O) groups is 2. The first kappa shape index (κ1) is 20.5. The molecule has 2 heterocycles. The maximum atomic E-state index is 12.8. The Labute approximate surface area is 173 Å². The van der Waals surface area contributed by atoms with Crippen LogP contribution in [0.2, 0.25) is 0 Å². The Hall–Kier alpha value is -2.22. The Kier molecular flexibility index (Phi) is 6.49. The summed E-state index contributed by atoms with van der Waals surface area (Å²) < 4.78 is 6.60. The third kappa shape index (κ3) is 4.60. The summed E-state index contributed by atoms with van der Waals surface area (Å²) in [6, 6.07) is 7.05. The number of amides is 3. The lowest BCUT2D eigenvalue weighted by atomic mass is 9.94. The second kappa shape index (κ2) is 8.86. The number of unbranched alkanes of at least 4 members (excludes halogenated alkanes) is 4. The van der Waals surface area contributed by atoms with Gasteiger partial charge >= 0.3 is 6.03 Å². The fourth-order valence-corrected chi connectivity index (χ4v) is 3.57. The van der Waals surface area contributed by atoms with Crippen LogP contribution < -0.4 is 5.32 Å². The van der Waals surface area contributed by atoms with Crippen molar-refractivity contribution in [2.75, 3.05) is 0 Å². The molecule has 1 aromatic heterocycles. The highest BCUT2D eigenvalue weighted by atomic mass is 79.9. The molecule has 3 rings (SSSR count). The number of hydrogen-bond donors (Lipinski definition) is 1. The number of nitrogens with one attached hydrogen (secondary N) is 1. The van der Waals surface area contributed by atoms with Gasteiger partial charge in [-0.1, -0.05) is 55.0 Å². The Morgan fingerprint density at radius 1 is 1.11 bits per heavy atom. The summed E-state index contributed by atoms with van der Waals surface area (Å²) in [6.07, 6.45) is 6.12. The number of carbonyl (C=O) groups excluding carboxylic acids is 2. The van der Waals surface area contributed by atoms with Crippen LogP contribution in [0, 0.1) is 0 Å². The molecule has 0 radical (unpaired) electrons. The summed E-state index contributed by atoms with van der Waals surface area (Å²) in [5.74, 6) is 0.346. The Morgan fingerprint density at radius 3 is 2.54 bits per heavy atom. The zero-order valence-electron chi connectivity index (χ0n) is 16.2. The van der Waals surface area contributed by atoms with Crippen molar-refractivity contribution in [3.8, 4) is 11.5 Å². The van der Waals surface area contributed by atoms with Crippen LogP contribution >= 0.6 is 15.9 Å². The van der Waals surface area contributed by atoms with Gasteiger partial charge in [0, 0.05) is 10.0 Å². The van der Waals surface area contributed by atoms with Gasteiger partial charge in [-0.2, -0.15) is 0 Å². The van der Waals surface area contributed by atoms with Crippen LogP contribution in [-0.2, 0) is 11.3 Å². The van der Waals surface area contributed by atoms with E-state index in [-0.39, 0.29) is 18.3 Å². The Bertz CT molecular complexity index is 836. The predicted molar refractivity (Wildman–Crippen MR) is 108 cm³/mol. The molecule has 1 aromatic carbocycles. The molecular formula is C20H25BrN4O3. The summed E-state index contributed by atoms with van der Waals surface area (Å²) in [6.45, 7) is 3.92. The number of benzene rings is 1. The largest absolute Gasteiger partial charge is 0.419 e. The molecule has 1 unspecified atom stereocenters. The number of urea groups is 1. The van der Waals surface area contributed by atoms with E-state index in [1.807, 2.05) is 24.3 Å². The molecule has 2 aromatic rings. The van der Waals surface area contributed by atoms with Crippen molar-refractivity contribution in [1.82, 2.24) is 20.4 Å². The van der Waals surface area contributed by atoms with E-state index in [0.717, 1.165) is 34.2 Å². The number of imide groups is 1. The number of halogens is 1. The molecule has 1 aliphatic rings. The van der Waals surface area contributed by atoms with Gasteiger partial charge in [-0.15, -0.1) is 10.2 Å². The first-order chi connectivity index (χ1) is 13.4. The molecule has 1 aliphatic heterocycles. The molecule has 1 atom stereocenters. The van der Waals surface area contributed by atoms with Crippen molar-refractivity contribution in [1.29, 1.82) is 0 Å². The zero-order valence-corrected chi connectivity index (χ0v) is 17.8. The van der Waals surface area contributed by atoms with Crippen molar-refractivity contribution in [3.63, 3.8) is 0 Å². The van der Waals surface area contributed by atoms with Crippen LogP contribution in [0.4, 0.5) is 4.79 Å². The fourth-order valence-electron chi connectivity index (χ4n) is 3.30. The van der Waals surface area contributed by atoms with Gasteiger partial charge in [0.2, 0.25) is 11.8 Å². The third-order valence-electron chi connectivity index (χ3n) is 4.98. The molecule has 0 spiro atoms. The number of rotatable bonds is 9. The smallest absolute Gasteiger partial charge is 0.325 e. The van der Waals surface area contributed by atoms with Crippen molar-refractivity contribution in [2.45, 2.75) is 64.5 Å². The van der Waals surface area contributed by atoms with Crippen molar-refractivity contribution in [3.05, 3.63) is 34.6 Å². The van der Waals surface area contributed by atoms with Gasteiger partial charge in [-0.25, -0.2) is 4.79 Å². The van der Waals surface area contributed by atoms with Crippen LogP contribution in [0.15, 0.2) is 33.2 Å². The fraction of sp³-hybridized carbons (Fsp3) is 0.500. The van der Waals surface area contributed by atoms with Crippen LogP contribution in [-0.4, -0.2) is 32.6 Å². The number of nitrogens with zero attached hydrogens (tertiary/aromatic N) is 3. The molecule has 150 valence electrons. The molecule has 28 heavy (non-hydrogen) atoms. The van der Waals surface area contributed by atoms with E-state index in [0.29, 0.717) is 12.3 Å². The Morgan fingerprint density at radius 2 is 1.82 bits per heavy atom. The van der Waals surface area contributed by atoms with Crippen molar-refractivity contribution < 1.29 is 14.0 Å². The summed E-state index contributed by atoms with van der Waals surface area (Å²) in [5.41, 5.74) is -0.0891. The molecule has 8 heteroatoms. The third-order valence-corrected chi connectivity index (χ3v) is 5.51. The number of hydrogen-bond acceptors (Lipinski definition) is 5. The first-order valence-electron chi connectivity index (χ1n) is 9.65. The highest BCUT2D eigenvalue weighted by molar-refractivity contribution is 9.10. The standard InChI is InChI=1S/C20H25BrN4O3/c1-3-4-5-6-7-12-20(2)18(26)25(19(27)22-20)13-16-23-24-17(28-16)14-8-10-15(21)11-9-14/h8-11H,3-7,12-13H2,1-2H3,(H,22,27). The SMILES string of the molecule is CCCCCCCC1(C)NC(=O)N(Cc2nnc(-c3ccc(Br)cc3)o2)C1=O. The molecule has 1 saturated heterocycles. The van der Waals surface area contributed by atoms with E-state index in [2.05, 4.69) is 38.4 Å². The summed E-state index contributed by atoms with van der Waals surface area (Å²) >= 11 is 3.38. The van der Waals surface area contributed by atoms with Crippen LogP contribution in [0.5, 0.6) is 0 Å². The van der Waals surface area contributed by atoms with Crippen LogP contribution in [0.3, 0.4) is 0 Å². The van der Waals surface area contributed by atoms with E-state index in [4.69, 9.17) is 4.42 Å². The van der Waals surface area contributed by atoms with Gasteiger partial charge in [0.25, 0.3) is 5.91 Å².